The Morgan fingerprint density at radius 1 is 1.26 bits per heavy atom. The molecule has 0 aliphatic heterocycles. The highest BCUT2D eigenvalue weighted by Crippen LogP contribution is 2.28. The average Bonchev–Trinajstić information content (AvgIpc) is 3.03. The maximum Gasteiger partial charge on any atom is 0.265 e. The Morgan fingerprint density at radius 3 is 2.87 bits per heavy atom. The third-order valence-corrected chi connectivity index (χ3v) is 3.40. The minimum absolute atomic E-state index is 0.0227. The summed E-state index contributed by atoms with van der Waals surface area (Å²) in [6.07, 6.45) is 2.04. The minimum atomic E-state index is -2.65. The summed E-state index contributed by atoms with van der Waals surface area (Å²) in [6.45, 7) is 0.395. The highest BCUT2D eigenvalue weighted by molar-refractivity contribution is 6.31. The van der Waals surface area contributed by atoms with Crippen molar-refractivity contribution in [3.63, 3.8) is 0 Å². The molecule has 0 atom stereocenters. The maximum atomic E-state index is 12.9. The Labute approximate surface area is 135 Å². The van der Waals surface area contributed by atoms with Gasteiger partial charge in [0.05, 0.1) is 18.4 Å². The molecule has 6 nitrogen and oxygen atoms in total. The van der Waals surface area contributed by atoms with Crippen molar-refractivity contribution in [2.75, 3.05) is 5.32 Å². The zero-order chi connectivity index (χ0) is 16.2. The number of nitrogens with zero attached hydrogens (tertiary/aromatic N) is 5. The van der Waals surface area contributed by atoms with Gasteiger partial charge >= 0.3 is 0 Å². The van der Waals surface area contributed by atoms with Crippen LogP contribution in [-0.4, -0.2) is 25.0 Å². The van der Waals surface area contributed by atoms with E-state index < -0.39 is 6.43 Å². The van der Waals surface area contributed by atoms with Crippen LogP contribution in [0.1, 0.15) is 17.7 Å². The van der Waals surface area contributed by atoms with Gasteiger partial charge in [-0.25, -0.2) is 23.4 Å². The standard InChI is InChI=1S/C14H11ClF2N6/c15-12-2-1-10(5-11(12)14(16)17)23-7-9(21-22-23)6-19-13-3-4-18-8-20-13/h1-5,7-8,14H,6H2,(H,18,19,20). The lowest BCUT2D eigenvalue weighted by Gasteiger charge is -2.06. The van der Waals surface area contributed by atoms with Crippen molar-refractivity contribution in [1.29, 1.82) is 0 Å². The quantitative estimate of drug-likeness (QED) is 0.774. The van der Waals surface area contributed by atoms with E-state index in [1.807, 2.05) is 0 Å². The van der Waals surface area contributed by atoms with Gasteiger partial charge in [0.2, 0.25) is 0 Å². The van der Waals surface area contributed by atoms with Crippen LogP contribution in [0.3, 0.4) is 0 Å². The molecule has 0 fully saturated rings. The Bertz CT molecular complexity index is 793. The van der Waals surface area contributed by atoms with Crippen LogP contribution >= 0.6 is 11.6 Å². The summed E-state index contributed by atoms with van der Waals surface area (Å²) in [5, 5.41) is 11.0. The smallest absolute Gasteiger partial charge is 0.265 e. The Hall–Kier alpha value is -2.61. The summed E-state index contributed by atoms with van der Waals surface area (Å²) >= 11 is 5.75. The number of nitrogens with one attached hydrogen (secondary N) is 1. The second-order valence-electron chi connectivity index (χ2n) is 4.61. The summed E-state index contributed by atoms with van der Waals surface area (Å²) in [7, 11) is 0. The van der Waals surface area contributed by atoms with Gasteiger partial charge in [-0.3, -0.25) is 0 Å². The molecule has 0 amide bonds. The summed E-state index contributed by atoms with van der Waals surface area (Å²) in [4.78, 5) is 7.84. The van der Waals surface area contributed by atoms with E-state index in [9.17, 15) is 8.78 Å². The maximum absolute atomic E-state index is 12.9. The predicted octanol–water partition coefficient (Wildman–Crippen LogP) is 3.26. The highest BCUT2D eigenvalue weighted by atomic mass is 35.5. The second kappa shape index (κ2) is 6.66. The number of alkyl halides is 2. The summed E-state index contributed by atoms with van der Waals surface area (Å²) < 4.78 is 27.2. The van der Waals surface area contributed by atoms with Crippen LogP contribution in [0.2, 0.25) is 5.02 Å². The van der Waals surface area contributed by atoms with Crippen LogP contribution in [0.4, 0.5) is 14.6 Å². The fraction of sp³-hybridized carbons (Fsp3) is 0.143. The van der Waals surface area contributed by atoms with Gasteiger partial charge in [-0.2, -0.15) is 0 Å². The van der Waals surface area contributed by atoms with Crippen molar-refractivity contribution in [3.05, 3.63) is 59.3 Å². The Kier molecular flexibility index (Phi) is 4.42. The van der Waals surface area contributed by atoms with Crippen LogP contribution in [0.5, 0.6) is 0 Å². The molecule has 0 aliphatic carbocycles. The first-order chi connectivity index (χ1) is 11.1. The molecule has 23 heavy (non-hydrogen) atoms. The molecule has 9 heteroatoms. The van der Waals surface area contributed by atoms with E-state index in [2.05, 4.69) is 25.6 Å². The van der Waals surface area contributed by atoms with Crippen molar-refractivity contribution in [2.24, 2.45) is 0 Å². The van der Waals surface area contributed by atoms with Gasteiger partial charge in [0.1, 0.15) is 17.8 Å². The van der Waals surface area contributed by atoms with Crippen molar-refractivity contribution in [1.82, 2.24) is 25.0 Å². The minimum Gasteiger partial charge on any atom is -0.364 e. The first-order valence-corrected chi connectivity index (χ1v) is 7.00. The molecule has 0 saturated heterocycles. The monoisotopic (exact) mass is 336 g/mol. The molecule has 0 saturated carbocycles. The molecule has 3 aromatic rings. The second-order valence-corrected chi connectivity index (χ2v) is 5.02. The van der Waals surface area contributed by atoms with Crippen molar-refractivity contribution in [2.45, 2.75) is 13.0 Å². The fourth-order valence-electron chi connectivity index (χ4n) is 1.92. The number of benzene rings is 1. The van der Waals surface area contributed by atoms with Gasteiger partial charge in [-0.15, -0.1) is 5.10 Å². The number of anilines is 1. The first kappa shape index (κ1) is 15.3. The molecule has 0 spiro atoms. The molecular weight excluding hydrogens is 326 g/mol. The lowest BCUT2D eigenvalue weighted by atomic mass is 10.2. The molecular formula is C14H11ClF2N6. The van der Waals surface area contributed by atoms with E-state index in [4.69, 9.17) is 11.6 Å². The third-order valence-electron chi connectivity index (χ3n) is 3.05. The summed E-state index contributed by atoms with van der Waals surface area (Å²) in [5.41, 5.74) is 0.864. The zero-order valence-electron chi connectivity index (χ0n) is 11.7. The van der Waals surface area contributed by atoms with E-state index in [0.29, 0.717) is 23.7 Å². The molecule has 0 bridgehead atoms. The fourth-order valence-corrected chi connectivity index (χ4v) is 2.12. The van der Waals surface area contributed by atoms with Crippen molar-refractivity contribution in [3.8, 4) is 5.69 Å². The largest absolute Gasteiger partial charge is 0.364 e. The van der Waals surface area contributed by atoms with Crippen LogP contribution in [0, 0.1) is 0 Å². The van der Waals surface area contributed by atoms with Gasteiger partial charge in [0.25, 0.3) is 6.43 Å². The van der Waals surface area contributed by atoms with Crippen molar-refractivity contribution < 1.29 is 8.78 Å². The first-order valence-electron chi connectivity index (χ1n) is 6.62. The van der Waals surface area contributed by atoms with Gasteiger partial charge < -0.3 is 5.32 Å². The van der Waals surface area contributed by atoms with E-state index in [0.717, 1.165) is 0 Å². The van der Waals surface area contributed by atoms with E-state index in [1.165, 1.54) is 23.1 Å². The SMILES string of the molecule is FC(F)c1cc(-n2cc(CNc3ccncn3)nn2)ccc1Cl. The molecule has 3 rings (SSSR count). The average molecular weight is 337 g/mol. The van der Waals surface area contributed by atoms with Gasteiger partial charge in [0.15, 0.2) is 0 Å². The van der Waals surface area contributed by atoms with Crippen LogP contribution in [0.15, 0.2) is 43.0 Å². The van der Waals surface area contributed by atoms with Gasteiger partial charge in [-0.05, 0) is 24.3 Å². The molecule has 0 radical (unpaired) electrons. The summed E-state index contributed by atoms with van der Waals surface area (Å²) in [5.74, 6) is 0.654. The molecule has 0 aliphatic rings. The number of hydrogen-bond donors (Lipinski definition) is 1. The van der Waals surface area contributed by atoms with Gasteiger partial charge in [0, 0.05) is 16.8 Å². The molecule has 1 aromatic carbocycles. The molecule has 1 N–H and O–H groups in total. The van der Waals surface area contributed by atoms with E-state index in [-0.39, 0.29) is 10.6 Å². The van der Waals surface area contributed by atoms with Crippen LogP contribution in [0.25, 0.3) is 5.69 Å². The third kappa shape index (κ3) is 3.59. The van der Waals surface area contributed by atoms with E-state index in [1.54, 1.807) is 24.5 Å². The lowest BCUT2D eigenvalue weighted by molar-refractivity contribution is 0.151. The lowest BCUT2D eigenvalue weighted by Crippen LogP contribution is -2.01. The summed E-state index contributed by atoms with van der Waals surface area (Å²) in [6, 6.07) is 6.03. The highest BCUT2D eigenvalue weighted by Gasteiger charge is 2.13. The zero-order valence-corrected chi connectivity index (χ0v) is 12.5. The number of aromatic nitrogens is 5. The normalized spacial score (nSPS) is 11.0. The Balaban J connectivity index is 1.75. The Morgan fingerprint density at radius 2 is 2.13 bits per heavy atom. The van der Waals surface area contributed by atoms with Crippen molar-refractivity contribution >= 4 is 17.4 Å². The molecule has 118 valence electrons. The molecule has 0 unspecified atom stereocenters. The topological polar surface area (TPSA) is 68.5 Å². The van der Waals surface area contributed by atoms with E-state index >= 15 is 0 Å². The van der Waals surface area contributed by atoms with Gasteiger partial charge in [-0.1, -0.05) is 16.8 Å². The molecule has 2 heterocycles. The van der Waals surface area contributed by atoms with Crippen LogP contribution in [-0.2, 0) is 6.54 Å². The number of halogens is 3. The number of hydrogen-bond acceptors (Lipinski definition) is 5. The predicted molar refractivity (Wildman–Crippen MR) is 80.7 cm³/mol. The number of rotatable bonds is 5. The molecule has 2 aromatic heterocycles. The van der Waals surface area contributed by atoms with Crippen LogP contribution < -0.4 is 5.32 Å².